The fourth-order valence-electron chi connectivity index (χ4n) is 4.20. The maximum Gasteiger partial charge on any atom is 0.254 e. The first-order chi connectivity index (χ1) is 17.6. The second-order valence-electron chi connectivity index (χ2n) is 8.40. The Balaban J connectivity index is 1.47. The third-order valence-electron chi connectivity index (χ3n) is 5.94. The van der Waals surface area contributed by atoms with E-state index in [2.05, 4.69) is 32.4 Å². The van der Waals surface area contributed by atoms with E-state index < -0.39 is 5.82 Å². The summed E-state index contributed by atoms with van der Waals surface area (Å²) in [6.07, 6.45) is 3.24. The second kappa shape index (κ2) is 10.3. The van der Waals surface area contributed by atoms with Crippen LogP contribution in [0.25, 0.3) is 22.0 Å². The Hall–Kier alpha value is -4.65. The Morgan fingerprint density at radius 3 is 2.53 bits per heavy atom. The number of carbonyl (C=O) groups excluding carboxylic acids is 1. The largest absolute Gasteiger partial charge is 0.373 e. The fourth-order valence-corrected chi connectivity index (χ4v) is 4.20. The average molecular weight is 478 g/mol. The van der Waals surface area contributed by atoms with Crippen LogP contribution in [-0.4, -0.2) is 32.8 Å². The van der Waals surface area contributed by atoms with E-state index >= 15 is 0 Å². The van der Waals surface area contributed by atoms with Gasteiger partial charge in [-0.15, -0.1) is 0 Å². The minimum atomic E-state index is -0.443. The molecule has 5 rings (SSSR count). The van der Waals surface area contributed by atoms with Crippen LogP contribution in [0.4, 0.5) is 10.2 Å². The zero-order valence-electron chi connectivity index (χ0n) is 19.7. The van der Waals surface area contributed by atoms with Gasteiger partial charge < -0.3 is 10.2 Å². The highest BCUT2D eigenvalue weighted by atomic mass is 19.1. The van der Waals surface area contributed by atoms with Crippen molar-refractivity contribution < 1.29 is 9.18 Å². The Morgan fingerprint density at radius 1 is 0.861 bits per heavy atom. The van der Waals surface area contributed by atoms with E-state index in [4.69, 9.17) is 0 Å². The van der Waals surface area contributed by atoms with Gasteiger partial charge in [0.15, 0.2) is 0 Å². The molecular formula is C29H24FN5O. The summed E-state index contributed by atoms with van der Waals surface area (Å²) in [6, 6.07) is 25.5. The van der Waals surface area contributed by atoms with Crippen molar-refractivity contribution in [3.63, 3.8) is 0 Å². The maximum atomic E-state index is 13.9. The Labute approximate surface area is 208 Å². The number of carbonyl (C=O) groups is 1. The number of halogens is 1. The molecule has 0 spiro atoms. The number of hydrogen-bond donors (Lipinski definition) is 1. The zero-order valence-corrected chi connectivity index (χ0v) is 19.7. The van der Waals surface area contributed by atoms with Gasteiger partial charge in [0.25, 0.3) is 5.91 Å². The highest BCUT2D eigenvalue weighted by Crippen LogP contribution is 2.28. The number of nitrogens with one attached hydrogen (secondary N) is 1. The van der Waals surface area contributed by atoms with Crippen LogP contribution >= 0.6 is 0 Å². The minimum Gasteiger partial charge on any atom is -0.373 e. The molecule has 178 valence electrons. The number of fused-ring (bicyclic) bond motifs is 1. The van der Waals surface area contributed by atoms with Crippen molar-refractivity contribution in [2.45, 2.75) is 13.1 Å². The van der Waals surface area contributed by atoms with Crippen LogP contribution in [0.15, 0.2) is 97.5 Å². The van der Waals surface area contributed by atoms with Crippen molar-refractivity contribution in [1.29, 1.82) is 0 Å². The molecule has 2 aromatic heterocycles. The number of hydrogen-bond acceptors (Lipinski definition) is 5. The number of nitrogens with zero attached hydrogens (tertiary/aromatic N) is 4. The zero-order chi connectivity index (χ0) is 24.9. The lowest BCUT2D eigenvalue weighted by atomic mass is 10.0. The molecule has 0 saturated heterocycles. The number of rotatable bonds is 7. The average Bonchev–Trinajstić information content (AvgIpc) is 2.92. The molecule has 0 bridgehead atoms. The summed E-state index contributed by atoms with van der Waals surface area (Å²) in [7, 11) is 1.83. The molecule has 0 fully saturated rings. The summed E-state index contributed by atoms with van der Waals surface area (Å²) >= 11 is 0. The van der Waals surface area contributed by atoms with Crippen molar-refractivity contribution in [1.82, 2.24) is 19.9 Å². The minimum absolute atomic E-state index is 0.257. The van der Waals surface area contributed by atoms with Crippen molar-refractivity contribution in [2.24, 2.45) is 0 Å². The van der Waals surface area contributed by atoms with E-state index in [1.807, 2.05) is 55.6 Å². The summed E-state index contributed by atoms with van der Waals surface area (Å²) in [5.74, 6) is 0.0640. The van der Waals surface area contributed by atoms with E-state index in [-0.39, 0.29) is 5.91 Å². The van der Waals surface area contributed by atoms with E-state index in [9.17, 15) is 9.18 Å². The second-order valence-corrected chi connectivity index (χ2v) is 8.40. The lowest BCUT2D eigenvalue weighted by Crippen LogP contribution is -2.30. The van der Waals surface area contributed by atoms with Crippen LogP contribution in [-0.2, 0) is 13.1 Å². The third kappa shape index (κ3) is 5.05. The molecule has 1 amide bonds. The lowest BCUT2D eigenvalue weighted by Gasteiger charge is -2.23. The number of anilines is 1. The van der Waals surface area contributed by atoms with E-state index in [0.29, 0.717) is 18.7 Å². The Morgan fingerprint density at radius 2 is 1.72 bits per heavy atom. The molecule has 36 heavy (non-hydrogen) atoms. The summed E-state index contributed by atoms with van der Waals surface area (Å²) in [5.41, 5.74) is 4.89. The van der Waals surface area contributed by atoms with Gasteiger partial charge in [-0.1, -0.05) is 36.4 Å². The number of benzene rings is 3. The van der Waals surface area contributed by atoms with Gasteiger partial charge in [-0.2, -0.15) is 0 Å². The molecule has 0 saturated carbocycles. The van der Waals surface area contributed by atoms with Gasteiger partial charge in [0.2, 0.25) is 0 Å². The van der Waals surface area contributed by atoms with Gasteiger partial charge in [-0.3, -0.25) is 9.78 Å². The van der Waals surface area contributed by atoms with Crippen LogP contribution in [0.1, 0.15) is 21.6 Å². The highest BCUT2D eigenvalue weighted by Gasteiger charge is 2.18. The first-order valence-electron chi connectivity index (χ1n) is 11.6. The summed E-state index contributed by atoms with van der Waals surface area (Å²) in [4.78, 5) is 28.1. The van der Waals surface area contributed by atoms with Gasteiger partial charge in [0.05, 0.1) is 17.8 Å². The van der Waals surface area contributed by atoms with Gasteiger partial charge >= 0.3 is 0 Å². The Kier molecular flexibility index (Phi) is 6.62. The molecule has 0 unspecified atom stereocenters. The molecule has 5 aromatic rings. The van der Waals surface area contributed by atoms with E-state index in [1.165, 1.54) is 12.1 Å². The summed E-state index contributed by atoms with van der Waals surface area (Å²) < 4.78 is 13.9. The smallest absolute Gasteiger partial charge is 0.254 e. The van der Waals surface area contributed by atoms with Crippen molar-refractivity contribution in [3.05, 3.63) is 120 Å². The predicted molar refractivity (Wildman–Crippen MR) is 139 cm³/mol. The maximum absolute atomic E-state index is 13.9. The van der Waals surface area contributed by atoms with Gasteiger partial charge in [-0.05, 0) is 65.2 Å². The summed E-state index contributed by atoms with van der Waals surface area (Å²) in [5, 5.41) is 4.04. The predicted octanol–water partition coefficient (Wildman–Crippen LogP) is 5.72. The number of pyridine rings is 1. The molecule has 0 aliphatic rings. The molecule has 0 aliphatic carbocycles. The van der Waals surface area contributed by atoms with Crippen LogP contribution in [0.5, 0.6) is 0 Å². The first kappa shape index (κ1) is 23.1. The molecule has 0 radical (unpaired) electrons. The normalized spacial score (nSPS) is 10.8. The quantitative estimate of drug-likeness (QED) is 0.325. The number of amides is 1. The van der Waals surface area contributed by atoms with Crippen LogP contribution in [0.2, 0.25) is 0 Å². The monoisotopic (exact) mass is 477 g/mol. The summed E-state index contributed by atoms with van der Waals surface area (Å²) in [6.45, 7) is 0.650. The van der Waals surface area contributed by atoms with Crippen LogP contribution < -0.4 is 5.32 Å². The SMILES string of the molecule is CNc1ncnc2ccc(-c3cccc(CN(Cc4ccccn4)C(=O)c4cccc(F)c4)c3)cc12. The van der Waals surface area contributed by atoms with Crippen LogP contribution in [0, 0.1) is 5.82 Å². The molecule has 2 heterocycles. The third-order valence-corrected chi connectivity index (χ3v) is 5.94. The fraction of sp³-hybridized carbons (Fsp3) is 0.103. The lowest BCUT2D eigenvalue weighted by molar-refractivity contribution is 0.0727. The number of aromatic nitrogens is 3. The molecule has 1 N–H and O–H groups in total. The van der Waals surface area contributed by atoms with Crippen molar-refractivity contribution >= 4 is 22.6 Å². The van der Waals surface area contributed by atoms with Gasteiger partial charge in [-0.25, -0.2) is 14.4 Å². The highest BCUT2D eigenvalue weighted by molar-refractivity contribution is 5.94. The topological polar surface area (TPSA) is 71.0 Å². The molecule has 3 aromatic carbocycles. The van der Waals surface area contributed by atoms with Crippen molar-refractivity contribution in [3.8, 4) is 11.1 Å². The molecule has 0 aliphatic heterocycles. The molecule has 0 atom stereocenters. The van der Waals surface area contributed by atoms with Crippen LogP contribution in [0.3, 0.4) is 0 Å². The molecule has 6 nitrogen and oxygen atoms in total. The first-order valence-corrected chi connectivity index (χ1v) is 11.6. The Bertz CT molecular complexity index is 1520. The standard InChI is InChI=1S/C29H24FN5O/c1-31-28-26-16-22(11-12-27(26)33-19-34-28)21-7-4-6-20(14-21)17-35(18-25-10-2-3-13-32-25)29(36)23-8-5-9-24(30)15-23/h2-16,19H,17-18H2,1H3,(H,31,33,34). The van der Waals surface area contributed by atoms with Gasteiger partial charge in [0, 0.05) is 30.7 Å². The van der Waals surface area contributed by atoms with Crippen molar-refractivity contribution in [2.75, 3.05) is 12.4 Å². The van der Waals surface area contributed by atoms with Gasteiger partial charge in [0.1, 0.15) is 18.0 Å². The molecular weight excluding hydrogens is 453 g/mol. The molecule has 7 heteroatoms. The van der Waals surface area contributed by atoms with E-state index in [1.54, 1.807) is 29.6 Å². The van der Waals surface area contributed by atoms with E-state index in [0.717, 1.165) is 39.1 Å².